The summed E-state index contributed by atoms with van der Waals surface area (Å²) in [5, 5.41) is 0. The predicted octanol–water partition coefficient (Wildman–Crippen LogP) is 4.83. The molecule has 0 unspecified atom stereocenters. The molecule has 2 heteroatoms. The van der Waals surface area contributed by atoms with Crippen molar-refractivity contribution in [1.29, 1.82) is 0 Å². The van der Waals surface area contributed by atoms with E-state index in [1.807, 2.05) is 18.3 Å². The molecule has 1 aliphatic carbocycles. The fourth-order valence-electron chi connectivity index (χ4n) is 2.74. The number of benzene rings is 1. The van der Waals surface area contributed by atoms with Crippen LogP contribution in [0, 0.1) is 19.3 Å². The quantitative estimate of drug-likeness (QED) is 0.800. The Hall–Kier alpha value is -1.83. The van der Waals surface area contributed by atoms with Crippen molar-refractivity contribution >= 4 is 0 Å². The van der Waals surface area contributed by atoms with E-state index >= 15 is 0 Å². The lowest BCUT2D eigenvalue weighted by atomic mass is 9.90. The highest BCUT2D eigenvalue weighted by Crippen LogP contribution is 2.25. The van der Waals surface area contributed by atoms with Gasteiger partial charge >= 0.3 is 0 Å². The zero-order chi connectivity index (χ0) is 14.5. The van der Waals surface area contributed by atoms with Crippen molar-refractivity contribution < 1.29 is 4.74 Å². The van der Waals surface area contributed by atoms with Gasteiger partial charge in [-0.15, -0.1) is 0 Å². The number of rotatable bonds is 4. The summed E-state index contributed by atoms with van der Waals surface area (Å²) in [6.07, 6.45) is 9.31. The molecule has 3 rings (SSSR count). The van der Waals surface area contributed by atoms with Gasteiger partial charge in [-0.1, -0.05) is 6.07 Å². The minimum Gasteiger partial charge on any atom is -0.493 e. The zero-order valence-corrected chi connectivity index (χ0v) is 12.6. The fourth-order valence-corrected chi connectivity index (χ4v) is 2.74. The van der Waals surface area contributed by atoms with Crippen LogP contribution in [0.4, 0.5) is 0 Å². The number of nitrogens with zero attached hydrogens (tertiary/aromatic N) is 1. The highest BCUT2D eigenvalue weighted by molar-refractivity contribution is 5.60. The van der Waals surface area contributed by atoms with Crippen molar-refractivity contribution in [3.63, 3.8) is 0 Å². The first kappa shape index (κ1) is 14.1. The molecule has 1 radical (unpaired) electrons. The first-order valence-electron chi connectivity index (χ1n) is 7.79. The van der Waals surface area contributed by atoms with Gasteiger partial charge in [-0.05, 0) is 80.8 Å². The van der Waals surface area contributed by atoms with Crippen molar-refractivity contribution in [3.05, 3.63) is 54.6 Å². The van der Waals surface area contributed by atoms with Crippen LogP contribution in [-0.4, -0.2) is 11.6 Å². The van der Waals surface area contributed by atoms with Crippen LogP contribution in [0.15, 0.2) is 42.6 Å². The Kier molecular flexibility index (Phi) is 4.54. The number of hydrogen-bond donors (Lipinski definition) is 0. The third-order valence-corrected chi connectivity index (χ3v) is 4.11. The number of ether oxygens (including phenoxy) is 1. The molecule has 0 amide bonds. The third kappa shape index (κ3) is 3.84. The van der Waals surface area contributed by atoms with Crippen molar-refractivity contribution in [3.8, 4) is 17.0 Å². The summed E-state index contributed by atoms with van der Waals surface area (Å²) in [6.45, 7) is 2.90. The van der Waals surface area contributed by atoms with E-state index < -0.39 is 0 Å². The van der Waals surface area contributed by atoms with Crippen LogP contribution in [0.3, 0.4) is 0 Å². The molecule has 1 aliphatic rings. The minimum absolute atomic E-state index is 0.716. The van der Waals surface area contributed by atoms with Gasteiger partial charge in [0, 0.05) is 11.8 Å². The van der Waals surface area contributed by atoms with Crippen LogP contribution < -0.4 is 4.74 Å². The van der Waals surface area contributed by atoms with Gasteiger partial charge in [-0.25, -0.2) is 0 Å². The fraction of sp³-hybridized carbons (Fsp3) is 0.368. The number of hydrogen-bond acceptors (Lipinski definition) is 2. The van der Waals surface area contributed by atoms with Gasteiger partial charge in [-0.2, -0.15) is 0 Å². The van der Waals surface area contributed by atoms with Gasteiger partial charge in [0.05, 0.1) is 12.3 Å². The van der Waals surface area contributed by atoms with Crippen LogP contribution >= 0.6 is 0 Å². The van der Waals surface area contributed by atoms with E-state index in [2.05, 4.69) is 42.6 Å². The van der Waals surface area contributed by atoms with Crippen molar-refractivity contribution in [2.75, 3.05) is 6.61 Å². The van der Waals surface area contributed by atoms with Crippen LogP contribution in [0.1, 0.15) is 31.2 Å². The molecule has 0 spiro atoms. The summed E-state index contributed by atoms with van der Waals surface area (Å²) in [5.41, 5.74) is 3.33. The largest absolute Gasteiger partial charge is 0.493 e. The van der Waals surface area contributed by atoms with E-state index in [9.17, 15) is 0 Å². The van der Waals surface area contributed by atoms with E-state index in [0.29, 0.717) is 5.92 Å². The van der Waals surface area contributed by atoms with Crippen molar-refractivity contribution in [2.45, 2.75) is 32.6 Å². The van der Waals surface area contributed by atoms with Gasteiger partial charge in [0.15, 0.2) is 0 Å². The first-order valence-corrected chi connectivity index (χ1v) is 7.79. The molecule has 109 valence electrons. The first-order chi connectivity index (χ1) is 10.3. The van der Waals surface area contributed by atoms with E-state index in [4.69, 9.17) is 4.74 Å². The Morgan fingerprint density at radius 1 is 1.05 bits per heavy atom. The number of aromatic nitrogens is 1. The Morgan fingerprint density at radius 2 is 1.81 bits per heavy atom. The normalized spacial score (nSPS) is 15.9. The second-order valence-corrected chi connectivity index (χ2v) is 5.87. The lowest BCUT2D eigenvalue weighted by Crippen LogP contribution is -2.15. The Bertz CT molecular complexity index is 553. The Balaban J connectivity index is 1.59. The van der Waals surface area contributed by atoms with E-state index in [0.717, 1.165) is 23.6 Å². The van der Waals surface area contributed by atoms with E-state index in [1.54, 1.807) is 0 Å². The highest BCUT2D eigenvalue weighted by Gasteiger charge is 2.14. The average molecular weight is 280 g/mol. The molecule has 0 aliphatic heterocycles. The van der Waals surface area contributed by atoms with Crippen molar-refractivity contribution in [1.82, 2.24) is 4.98 Å². The molecule has 1 aromatic heterocycles. The molecule has 0 atom stereocenters. The molecular weight excluding hydrogens is 258 g/mol. The molecule has 0 N–H and O–H groups in total. The Labute approximate surface area is 127 Å². The number of aryl methyl sites for hydroxylation is 1. The molecule has 0 saturated heterocycles. The van der Waals surface area contributed by atoms with Crippen LogP contribution in [0.25, 0.3) is 11.3 Å². The van der Waals surface area contributed by atoms with Gasteiger partial charge in [-0.3, -0.25) is 4.98 Å². The molecule has 1 fully saturated rings. The monoisotopic (exact) mass is 280 g/mol. The summed E-state index contributed by atoms with van der Waals surface area (Å²) in [4.78, 5) is 4.45. The second-order valence-electron chi connectivity index (χ2n) is 5.87. The van der Waals surface area contributed by atoms with Crippen LogP contribution in [-0.2, 0) is 0 Å². The summed E-state index contributed by atoms with van der Waals surface area (Å²) in [6, 6.07) is 12.4. The average Bonchev–Trinajstić information content (AvgIpc) is 2.55. The smallest absolute Gasteiger partial charge is 0.119 e. The van der Waals surface area contributed by atoms with Gasteiger partial charge in [0.2, 0.25) is 0 Å². The second kappa shape index (κ2) is 6.75. The minimum atomic E-state index is 0.716. The summed E-state index contributed by atoms with van der Waals surface area (Å²) >= 11 is 0. The number of pyridine rings is 1. The summed E-state index contributed by atoms with van der Waals surface area (Å²) in [5.74, 6) is 1.67. The maximum Gasteiger partial charge on any atom is 0.119 e. The lowest BCUT2D eigenvalue weighted by Gasteiger charge is -2.21. The maximum absolute atomic E-state index is 5.92. The summed E-state index contributed by atoms with van der Waals surface area (Å²) in [7, 11) is 0. The molecular formula is C19H22NO. The molecule has 2 aromatic rings. The Morgan fingerprint density at radius 3 is 2.48 bits per heavy atom. The SMILES string of the molecule is Cc1ccc(-c2ccc(OCC3CC[CH]CC3)cc2)nc1. The van der Waals surface area contributed by atoms with Gasteiger partial charge in [0.1, 0.15) is 5.75 Å². The lowest BCUT2D eigenvalue weighted by molar-refractivity contribution is 0.221. The molecule has 2 nitrogen and oxygen atoms in total. The van der Waals surface area contributed by atoms with E-state index in [-0.39, 0.29) is 0 Å². The molecule has 1 saturated carbocycles. The maximum atomic E-state index is 5.92. The van der Waals surface area contributed by atoms with Crippen LogP contribution in [0.2, 0.25) is 0 Å². The van der Waals surface area contributed by atoms with Gasteiger partial charge in [0.25, 0.3) is 0 Å². The molecule has 1 heterocycles. The van der Waals surface area contributed by atoms with E-state index in [1.165, 1.54) is 31.2 Å². The predicted molar refractivity (Wildman–Crippen MR) is 86.2 cm³/mol. The van der Waals surface area contributed by atoms with Crippen LogP contribution in [0.5, 0.6) is 5.75 Å². The molecule has 1 aromatic carbocycles. The third-order valence-electron chi connectivity index (χ3n) is 4.11. The van der Waals surface area contributed by atoms with Crippen molar-refractivity contribution in [2.24, 2.45) is 5.92 Å². The highest BCUT2D eigenvalue weighted by atomic mass is 16.5. The molecule has 0 bridgehead atoms. The molecule has 21 heavy (non-hydrogen) atoms. The zero-order valence-electron chi connectivity index (χ0n) is 12.6. The summed E-state index contributed by atoms with van der Waals surface area (Å²) < 4.78 is 5.92. The standard InChI is InChI=1S/C19H22NO/c1-15-7-12-19(20-13-15)17-8-10-18(11-9-17)21-14-16-5-3-2-4-6-16/h2,7-13,16H,3-6,14H2,1H3. The topological polar surface area (TPSA) is 22.1 Å². The van der Waals surface area contributed by atoms with Gasteiger partial charge < -0.3 is 4.74 Å².